The van der Waals surface area contributed by atoms with Crippen LogP contribution in [0.25, 0.3) is 0 Å². The lowest BCUT2D eigenvalue weighted by molar-refractivity contribution is -0.128. The number of ether oxygens (including phenoxy) is 1. The highest BCUT2D eigenvalue weighted by Gasteiger charge is 2.31. The highest BCUT2D eigenvalue weighted by Crippen LogP contribution is 2.20. The first-order chi connectivity index (χ1) is 7.62. The number of rotatable bonds is 4. The van der Waals surface area contributed by atoms with Gasteiger partial charge in [-0.05, 0) is 32.6 Å². The number of hydrogen-bond acceptors (Lipinski definition) is 3. The number of amides is 1. The van der Waals surface area contributed by atoms with Crippen LogP contribution in [0.5, 0.6) is 0 Å². The molecular formula is C12H20N2O2. The molecule has 2 unspecified atom stereocenters. The second kappa shape index (κ2) is 5.86. The van der Waals surface area contributed by atoms with Crippen LogP contribution in [0.3, 0.4) is 0 Å². The number of hydrogen-bond donors (Lipinski definition) is 1. The zero-order chi connectivity index (χ0) is 12.0. The van der Waals surface area contributed by atoms with Gasteiger partial charge in [0.05, 0.1) is 12.2 Å². The molecule has 1 aliphatic heterocycles. The van der Waals surface area contributed by atoms with Crippen molar-refractivity contribution in [2.75, 3.05) is 13.2 Å². The molecule has 1 fully saturated rings. The van der Waals surface area contributed by atoms with E-state index in [-0.39, 0.29) is 12.0 Å². The molecule has 1 aliphatic rings. The normalized spacial score (nSPS) is 24.2. The predicted octanol–water partition coefficient (Wildman–Crippen LogP) is 1.61. The zero-order valence-electron chi connectivity index (χ0n) is 10.1. The summed E-state index contributed by atoms with van der Waals surface area (Å²) in [5.41, 5.74) is -0.908. The van der Waals surface area contributed by atoms with Crippen LogP contribution in [0.1, 0.15) is 39.5 Å². The Kier molecular flexibility index (Phi) is 4.75. The van der Waals surface area contributed by atoms with Gasteiger partial charge >= 0.3 is 0 Å². The van der Waals surface area contributed by atoms with Crippen LogP contribution in [0.4, 0.5) is 0 Å². The van der Waals surface area contributed by atoms with E-state index in [0.29, 0.717) is 13.0 Å². The lowest BCUT2D eigenvalue weighted by atomic mass is 9.88. The van der Waals surface area contributed by atoms with E-state index in [2.05, 4.69) is 11.4 Å². The van der Waals surface area contributed by atoms with Crippen molar-refractivity contribution in [3.8, 4) is 6.07 Å². The third kappa shape index (κ3) is 3.21. The summed E-state index contributed by atoms with van der Waals surface area (Å²) >= 11 is 0. The molecule has 0 aromatic heterocycles. The standard InChI is InChI=1S/C12H20N2O2/c1-3-12(2,9-13)11(15)14-8-10-6-4-5-7-16-10/h10H,3-8H2,1-2H3,(H,14,15). The average Bonchev–Trinajstić information content (AvgIpc) is 2.36. The molecular weight excluding hydrogens is 204 g/mol. The molecule has 1 saturated heterocycles. The molecule has 1 N–H and O–H groups in total. The largest absolute Gasteiger partial charge is 0.376 e. The molecule has 0 aliphatic carbocycles. The van der Waals surface area contributed by atoms with Gasteiger partial charge in [0.1, 0.15) is 5.41 Å². The molecule has 0 aromatic rings. The first-order valence-corrected chi connectivity index (χ1v) is 5.93. The number of nitrogens with one attached hydrogen (secondary N) is 1. The van der Waals surface area contributed by atoms with Gasteiger partial charge in [0, 0.05) is 13.2 Å². The van der Waals surface area contributed by atoms with Gasteiger partial charge in [0.25, 0.3) is 0 Å². The summed E-state index contributed by atoms with van der Waals surface area (Å²) in [5, 5.41) is 11.8. The van der Waals surface area contributed by atoms with Crippen LogP contribution in [0.15, 0.2) is 0 Å². The summed E-state index contributed by atoms with van der Waals surface area (Å²) in [6, 6.07) is 2.06. The summed E-state index contributed by atoms with van der Waals surface area (Å²) in [5.74, 6) is -0.188. The lowest BCUT2D eigenvalue weighted by Crippen LogP contribution is -2.42. The lowest BCUT2D eigenvalue weighted by Gasteiger charge is -2.25. The van der Waals surface area contributed by atoms with Gasteiger partial charge < -0.3 is 10.1 Å². The highest BCUT2D eigenvalue weighted by molar-refractivity contribution is 5.84. The van der Waals surface area contributed by atoms with Crippen LogP contribution in [-0.2, 0) is 9.53 Å². The Labute approximate surface area is 97.0 Å². The first-order valence-electron chi connectivity index (χ1n) is 5.93. The molecule has 16 heavy (non-hydrogen) atoms. The topological polar surface area (TPSA) is 62.1 Å². The Morgan fingerprint density at radius 2 is 2.38 bits per heavy atom. The van der Waals surface area contributed by atoms with Gasteiger partial charge in [-0.3, -0.25) is 4.79 Å². The number of nitrogens with zero attached hydrogens (tertiary/aromatic N) is 1. The van der Waals surface area contributed by atoms with E-state index in [0.717, 1.165) is 25.9 Å². The smallest absolute Gasteiger partial charge is 0.240 e. The Morgan fingerprint density at radius 3 is 2.88 bits per heavy atom. The average molecular weight is 224 g/mol. The molecule has 0 bridgehead atoms. The van der Waals surface area contributed by atoms with Crippen molar-refractivity contribution in [3.63, 3.8) is 0 Å². The van der Waals surface area contributed by atoms with Crippen LogP contribution < -0.4 is 5.32 Å². The van der Waals surface area contributed by atoms with Crippen LogP contribution in [0, 0.1) is 16.7 Å². The minimum absolute atomic E-state index is 0.123. The molecule has 0 aromatic carbocycles. The maximum Gasteiger partial charge on any atom is 0.240 e. The molecule has 4 heteroatoms. The molecule has 90 valence electrons. The summed E-state index contributed by atoms with van der Waals surface area (Å²) in [4.78, 5) is 11.8. The maximum atomic E-state index is 11.8. The second-order valence-corrected chi connectivity index (χ2v) is 4.50. The van der Waals surface area contributed by atoms with E-state index in [1.807, 2.05) is 6.92 Å². The van der Waals surface area contributed by atoms with Gasteiger partial charge in [-0.25, -0.2) is 0 Å². The monoisotopic (exact) mass is 224 g/mol. The van der Waals surface area contributed by atoms with E-state index in [4.69, 9.17) is 10.00 Å². The summed E-state index contributed by atoms with van der Waals surface area (Å²) < 4.78 is 5.51. The van der Waals surface area contributed by atoms with Crippen molar-refractivity contribution < 1.29 is 9.53 Å². The van der Waals surface area contributed by atoms with Crippen molar-refractivity contribution in [3.05, 3.63) is 0 Å². The van der Waals surface area contributed by atoms with E-state index in [9.17, 15) is 4.79 Å². The van der Waals surface area contributed by atoms with E-state index in [1.54, 1.807) is 6.92 Å². The zero-order valence-corrected chi connectivity index (χ0v) is 10.1. The van der Waals surface area contributed by atoms with Crippen LogP contribution >= 0.6 is 0 Å². The summed E-state index contributed by atoms with van der Waals surface area (Å²) in [6.45, 7) is 4.82. The second-order valence-electron chi connectivity index (χ2n) is 4.50. The van der Waals surface area contributed by atoms with Gasteiger partial charge in [-0.2, -0.15) is 5.26 Å². The molecule has 2 atom stereocenters. The summed E-state index contributed by atoms with van der Waals surface area (Å²) in [7, 11) is 0. The van der Waals surface area contributed by atoms with Gasteiger partial charge in [-0.1, -0.05) is 6.92 Å². The Balaban J connectivity index is 2.37. The SMILES string of the molecule is CCC(C)(C#N)C(=O)NCC1CCCCO1. The van der Waals surface area contributed by atoms with E-state index >= 15 is 0 Å². The Hall–Kier alpha value is -1.08. The van der Waals surface area contributed by atoms with Crippen LogP contribution in [0.2, 0.25) is 0 Å². The fourth-order valence-corrected chi connectivity index (χ4v) is 1.66. The molecule has 1 amide bonds. The number of carbonyl (C=O) groups is 1. The Bertz CT molecular complexity index is 279. The van der Waals surface area contributed by atoms with Gasteiger partial charge in [-0.15, -0.1) is 0 Å². The Morgan fingerprint density at radius 1 is 1.62 bits per heavy atom. The molecule has 0 radical (unpaired) electrons. The molecule has 1 rings (SSSR count). The van der Waals surface area contributed by atoms with Crippen molar-refractivity contribution in [2.45, 2.75) is 45.6 Å². The van der Waals surface area contributed by atoms with E-state index < -0.39 is 5.41 Å². The van der Waals surface area contributed by atoms with Gasteiger partial charge in [0.2, 0.25) is 5.91 Å². The minimum Gasteiger partial charge on any atom is -0.376 e. The minimum atomic E-state index is -0.908. The first kappa shape index (κ1) is 13.0. The molecule has 0 saturated carbocycles. The fourth-order valence-electron chi connectivity index (χ4n) is 1.66. The number of nitriles is 1. The number of carbonyl (C=O) groups excluding carboxylic acids is 1. The van der Waals surface area contributed by atoms with E-state index in [1.165, 1.54) is 0 Å². The highest BCUT2D eigenvalue weighted by atomic mass is 16.5. The van der Waals surface area contributed by atoms with Crippen molar-refractivity contribution >= 4 is 5.91 Å². The van der Waals surface area contributed by atoms with Gasteiger partial charge in [0.15, 0.2) is 0 Å². The maximum absolute atomic E-state index is 11.8. The molecule has 1 heterocycles. The third-order valence-electron chi connectivity index (χ3n) is 3.22. The summed E-state index contributed by atoms with van der Waals surface area (Å²) in [6.07, 6.45) is 3.91. The predicted molar refractivity (Wildman–Crippen MR) is 60.6 cm³/mol. The fraction of sp³-hybridized carbons (Fsp3) is 0.833. The van der Waals surface area contributed by atoms with Crippen molar-refractivity contribution in [2.24, 2.45) is 5.41 Å². The molecule has 4 nitrogen and oxygen atoms in total. The van der Waals surface area contributed by atoms with Crippen molar-refractivity contribution in [1.29, 1.82) is 5.26 Å². The van der Waals surface area contributed by atoms with Crippen molar-refractivity contribution in [1.82, 2.24) is 5.32 Å². The quantitative estimate of drug-likeness (QED) is 0.789. The molecule has 0 spiro atoms. The third-order valence-corrected chi connectivity index (χ3v) is 3.22. The van der Waals surface area contributed by atoms with Crippen LogP contribution in [-0.4, -0.2) is 25.2 Å².